The van der Waals surface area contributed by atoms with Gasteiger partial charge in [0.2, 0.25) is 5.91 Å². The number of nitrogens with zero attached hydrogens (tertiary/aromatic N) is 1. The van der Waals surface area contributed by atoms with E-state index >= 15 is 0 Å². The first-order chi connectivity index (χ1) is 12.7. The quantitative estimate of drug-likeness (QED) is 0.492. The van der Waals surface area contributed by atoms with Gasteiger partial charge in [0.25, 0.3) is 0 Å². The number of anilines is 1. The van der Waals surface area contributed by atoms with Crippen molar-refractivity contribution in [2.24, 2.45) is 0 Å². The van der Waals surface area contributed by atoms with E-state index in [1.165, 1.54) is 10.5 Å². The molecule has 0 aliphatic carbocycles. The molecular formula is C21H19BrN2OS. The van der Waals surface area contributed by atoms with Crippen LogP contribution in [0.25, 0.3) is 0 Å². The largest absolute Gasteiger partial charge is 0.326 e. The van der Waals surface area contributed by atoms with E-state index in [9.17, 15) is 4.79 Å². The van der Waals surface area contributed by atoms with Crippen molar-refractivity contribution >= 4 is 39.3 Å². The number of amides is 1. The normalized spacial score (nSPS) is 10.5. The Bertz CT molecular complexity index is 853. The number of carbonyl (C=O) groups is 1. The van der Waals surface area contributed by atoms with Crippen molar-refractivity contribution in [3.63, 3.8) is 0 Å². The molecule has 0 bridgehead atoms. The molecule has 1 N–H and O–H groups in total. The molecule has 0 atom stereocenters. The number of pyridine rings is 1. The minimum atomic E-state index is 0.0246. The maximum absolute atomic E-state index is 12.2. The second-order valence-corrected chi connectivity index (χ2v) is 7.72. The van der Waals surface area contributed by atoms with Crippen molar-refractivity contribution in [3.8, 4) is 0 Å². The van der Waals surface area contributed by atoms with E-state index in [1.807, 2.05) is 60.8 Å². The molecule has 5 heteroatoms. The van der Waals surface area contributed by atoms with Crippen molar-refractivity contribution < 1.29 is 4.79 Å². The Balaban J connectivity index is 1.47. The highest BCUT2D eigenvalue weighted by molar-refractivity contribution is 9.10. The summed E-state index contributed by atoms with van der Waals surface area (Å²) in [4.78, 5) is 17.4. The van der Waals surface area contributed by atoms with Gasteiger partial charge in [-0.1, -0.05) is 40.2 Å². The zero-order valence-electron chi connectivity index (χ0n) is 14.2. The second-order valence-electron chi connectivity index (χ2n) is 5.81. The third kappa shape index (κ3) is 5.71. The number of carbonyl (C=O) groups excluding carboxylic acids is 1. The van der Waals surface area contributed by atoms with Crippen LogP contribution in [0, 0.1) is 0 Å². The number of rotatable bonds is 7. The van der Waals surface area contributed by atoms with Gasteiger partial charge >= 0.3 is 0 Å². The van der Waals surface area contributed by atoms with Gasteiger partial charge in [0.05, 0.1) is 0 Å². The minimum Gasteiger partial charge on any atom is -0.326 e. The number of hydrogen-bond donors (Lipinski definition) is 1. The van der Waals surface area contributed by atoms with Crippen molar-refractivity contribution in [1.82, 2.24) is 4.98 Å². The van der Waals surface area contributed by atoms with Gasteiger partial charge < -0.3 is 5.32 Å². The fourth-order valence-corrected chi connectivity index (χ4v) is 3.77. The predicted octanol–water partition coefficient (Wildman–Crippen LogP) is 5.71. The zero-order valence-corrected chi connectivity index (χ0v) is 16.6. The Hall–Kier alpha value is -2.11. The Morgan fingerprint density at radius 3 is 2.58 bits per heavy atom. The molecule has 0 saturated carbocycles. The average molecular weight is 427 g/mol. The molecule has 2 aromatic carbocycles. The summed E-state index contributed by atoms with van der Waals surface area (Å²) in [5.74, 6) is 0.905. The molecule has 0 fully saturated rings. The molecule has 1 heterocycles. The topological polar surface area (TPSA) is 42.0 Å². The van der Waals surface area contributed by atoms with Gasteiger partial charge in [-0.2, -0.15) is 0 Å². The smallest absolute Gasteiger partial charge is 0.224 e. The van der Waals surface area contributed by atoms with Crippen LogP contribution in [0.15, 0.2) is 82.4 Å². The van der Waals surface area contributed by atoms with Crippen molar-refractivity contribution in [1.29, 1.82) is 0 Å². The third-order valence-corrected chi connectivity index (χ3v) is 5.70. The van der Waals surface area contributed by atoms with Gasteiger partial charge in [-0.25, -0.2) is 0 Å². The number of aryl methyl sites for hydroxylation is 1. The third-order valence-electron chi connectivity index (χ3n) is 3.85. The van der Waals surface area contributed by atoms with Crippen molar-refractivity contribution in [3.05, 3.63) is 88.7 Å². The lowest BCUT2D eigenvalue weighted by atomic mass is 10.1. The van der Waals surface area contributed by atoms with Crippen LogP contribution in [0.2, 0.25) is 0 Å². The number of thioether (sulfide) groups is 1. The second kappa shape index (κ2) is 9.55. The fraction of sp³-hybridized carbons (Fsp3) is 0.143. The molecule has 1 aromatic heterocycles. The van der Waals surface area contributed by atoms with Crippen LogP contribution in [0.1, 0.15) is 17.5 Å². The molecular weight excluding hydrogens is 408 g/mol. The van der Waals surface area contributed by atoms with Crippen LogP contribution in [-0.2, 0) is 17.0 Å². The minimum absolute atomic E-state index is 0.0246. The number of aromatic nitrogens is 1. The van der Waals surface area contributed by atoms with E-state index < -0.39 is 0 Å². The van der Waals surface area contributed by atoms with Crippen LogP contribution in [0.3, 0.4) is 0 Å². The zero-order chi connectivity index (χ0) is 18.2. The highest BCUT2D eigenvalue weighted by Gasteiger charge is 2.05. The fourth-order valence-electron chi connectivity index (χ4n) is 2.46. The summed E-state index contributed by atoms with van der Waals surface area (Å²) < 4.78 is 1.04. The van der Waals surface area contributed by atoms with Crippen LogP contribution < -0.4 is 5.32 Å². The Kier molecular flexibility index (Phi) is 6.86. The summed E-state index contributed by atoms with van der Waals surface area (Å²) in [6.07, 6.45) is 4.83. The van der Waals surface area contributed by atoms with Crippen LogP contribution in [-0.4, -0.2) is 10.9 Å². The summed E-state index contributed by atoms with van der Waals surface area (Å²) in [6.45, 7) is 0. The molecule has 0 aliphatic heterocycles. The van der Waals surface area contributed by atoms with Crippen LogP contribution in [0.5, 0.6) is 0 Å². The van der Waals surface area contributed by atoms with E-state index in [2.05, 4.69) is 32.3 Å². The van der Waals surface area contributed by atoms with Crippen LogP contribution in [0.4, 0.5) is 5.69 Å². The molecule has 0 saturated heterocycles. The standard InChI is InChI=1S/C21H19BrN2OS/c22-20-6-2-1-5-17(20)7-12-21(25)24-18-8-10-19(11-9-18)26-15-16-4-3-13-23-14-16/h1-6,8-11,13-14H,7,12,15H2,(H,24,25). The van der Waals surface area contributed by atoms with E-state index in [1.54, 1.807) is 18.0 Å². The number of hydrogen-bond acceptors (Lipinski definition) is 3. The van der Waals surface area contributed by atoms with Crippen LogP contribution >= 0.6 is 27.7 Å². The summed E-state index contributed by atoms with van der Waals surface area (Å²) in [5, 5.41) is 2.96. The maximum Gasteiger partial charge on any atom is 0.224 e. The monoisotopic (exact) mass is 426 g/mol. The number of nitrogens with one attached hydrogen (secondary N) is 1. The molecule has 0 spiro atoms. The summed E-state index contributed by atoms with van der Waals surface area (Å²) >= 11 is 5.27. The lowest BCUT2D eigenvalue weighted by Crippen LogP contribution is -2.12. The molecule has 3 aromatic rings. The molecule has 1 amide bonds. The SMILES string of the molecule is O=C(CCc1ccccc1Br)Nc1ccc(SCc2cccnc2)cc1. The molecule has 3 nitrogen and oxygen atoms in total. The number of benzene rings is 2. The summed E-state index contributed by atoms with van der Waals surface area (Å²) in [6, 6.07) is 20.0. The molecule has 0 aliphatic rings. The van der Waals surface area contributed by atoms with Gasteiger partial charge in [0.1, 0.15) is 0 Å². The lowest BCUT2D eigenvalue weighted by molar-refractivity contribution is -0.116. The molecule has 0 radical (unpaired) electrons. The van der Waals surface area contributed by atoms with E-state index in [4.69, 9.17) is 0 Å². The molecule has 0 unspecified atom stereocenters. The van der Waals surface area contributed by atoms with Gasteiger partial charge in [-0.3, -0.25) is 9.78 Å². The maximum atomic E-state index is 12.2. The lowest BCUT2D eigenvalue weighted by Gasteiger charge is -2.08. The van der Waals surface area contributed by atoms with Gasteiger partial charge in [0.15, 0.2) is 0 Å². The molecule has 132 valence electrons. The Morgan fingerprint density at radius 1 is 1.04 bits per heavy atom. The summed E-state index contributed by atoms with van der Waals surface area (Å²) in [7, 11) is 0. The Morgan fingerprint density at radius 2 is 1.85 bits per heavy atom. The van der Waals surface area contributed by atoms with E-state index in [0.29, 0.717) is 12.8 Å². The van der Waals surface area contributed by atoms with Gasteiger partial charge in [0, 0.05) is 39.6 Å². The first-order valence-corrected chi connectivity index (χ1v) is 10.1. The first-order valence-electron chi connectivity index (χ1n) is 8.36. The highest BCUT2D eigenvalue weighted by Crippen LogP contribution is 2.24. The van der Waals surface area contributed by atoms with Crippen molar-refractivity contribution in [2.45, 2.75) is 23.5 Å². The first kappa shape index (κ1) is 18.7. The predicted molar refractivity (Wildman–Crippen MR) is 111 cm³/mol. The molecule has 3 rings (SSSR count). The molecule has 26 heavy (non-hydrogen) atoms. The average Bonchev–Trinajstić information content (AvgIpc) is 2.68. The van der Waals surface area contributed by atoms with Crippen molar-refractivity contribution in [2.75, 3.05) is 5.32 Å². The number of halogens is 1. The Labute approximate surface area is 166 Å². The van der Waals surface area contributed by atoms with Gasteiger partial charge in [-0.05, 0) is 53.9 Å². The van der Waals surface area contributed by atoms with E-state index in [0.717, 1.165) is 21.5 Å². The van der Waals surface area contributed by atoms with Gasteiger partial charge in [-0.15, -0.1) is 11.8 Å². The summed E-state index contributed by atoms with van der Waals surface area (Å²) in [5.41, 5.74) is 3.17. The van der Waals surface area contributed by atoms with E-state index in [-0.39, 0.29) is 5.91 Å². The highest BCUT2D eigenvalue weighted by atomic mass is 79.9.